The van der Waals surface area contributed by atoms with Crippen molar-refractivity contribution < 1.29 is 9.90 Å². The van der Waals surface area contributed by atoms with Crippen LogP contribution < -0.4 is 5.32 Å². The van der Waals surface area contributed by atoms with E-state index >= 15 is 0 Å². The number of benzene rings is 1. The fourth-order valence-electron chi connectivity index (χ4n) is 1.13. The summed E-state index contributed by atoms with van der Waals surface area (Å²) in [6.45, 7) is 1.82. The minimum absolute atomic E-state index is 0.518. The Morgan fingerprint density at radius 1 is 1.67 bits per heavy atom. The molecule has 0 fully saturated rings. The highest BCUT2D eigenvalue weighted by Gasteiger charge is 2.15. The summed E-state index contributed by atoms with van der Waals surface area (Å²) in [5.41, 5.74) is 0.730. The van der Waals surface area contributed by atoms with Crippen molar-refractivity contribution in [2.24, 2.45) is 0 Å². The number of hydrogen-bond acceptors (Lipinski definition) is 2. The maximum Gasteiger partial charge on any atom is 0.326 e. The first-order chi connectivity index (χ1) is 7.04. The van der Waals surface area contributed by atoms with E-state index in [1.807, 2.05) is 6.92 Å². The van der Waals surface area contributed by atoms with Crippen molar-refractivity contribution in [1.29, 1.82) is 0 Å². The van der Waals surface area contributed by atoms with Crippen molar-refractivity contribution in [2.75, 3.05) is 5.32 Å². The minimum Gasteiger partial charge on any atom is -0.480 e. The first kappa shape index (κ1) is 12.3. The van der Waals surface area contributed by atoms with Crippen molar-refractivity contribution in [1.82, 2.24) is 0 Å². The second-order valence-electron chi connectivity index (χ2n) is 3.07. The molecule has 1 unspecified atom stereocenters. The van der Waals surface area contributed by atoms with Crippen molar-refractivity contribution in [3.63, 3.8) is 0 Å². The summed E-state index contributed by atoms with van der Waals surface area (Å²) in [6, 6.07) is 4.60. The highest BCUT2D eigenvalue weighted by molar-refractivity contribution is 9.10. The molecule has 3 nitrogen and oxygen atoms in total. The van der Waals surface area contributed by atoms with E-state index in [1.165, 1.54) is 0 Å². The summed E-state index contributed by atoms with van der Waals surface area (Å²) >= 11 is 9.09. The zero-order chi connectivity index (χ0) is 11.4. The monoisotopic (exact) mass is 291 g/mol. The number of rotatable bonds is 4. The Labute approximate surface area is 102 Å². The lowest BCUT2D eigenvalue weighted by atomic mass is 10.2. The van der Waals surface area contributed by atoms with Crippen LogP contribution in [0.1, 0.15) is 13.3 Å². The van der Waals surface area contributed by atoms with Gasteiger partial charge in [-0.25, -0.2) is 4.79 Å². The van der Waals surface area contributed by atoms with Crippen LogP contribution in [-0.4, -0.2) is 17.1 Å². The number of anilines is 1. The van der Waals surface area contributed by atoms with Gasteiger partial charge in [-0.15, -0.1) is 0 Å². The molecule has 1 rings (SSSR count). The maximum absolute atomic E-state index is 10.8. The number of carboxylic acid groups (broad SMARTS) is 1. The Hall–Kier alpha value is -0.740. The lowest BCUT2D eigenvalue weighted by Crippen LogP contribution is -2.28. The zero-order valence-electron chi connectivity index (χ0n) is 8.13. The first-order valence-corrected chi connectivity index (χ1v) is 5.66. The third-order valence-electron chi connectivity index (χ3n) is 1.97. The van der Waals surface area contributed by atoms with Gasteiger partial charge in [0, 0.05) is 15.2 Å². The Morgan fingerprint density at radius 2 is 2.33 bits per heavy atom. The molecule has 82 valence electrons. The van der Waals surface area contributed by atoms with Gasteiger partial charge in [-0.2, -0.15) is 0 Å². The Kier molecular flexibility index (Phi) is 4.42. The fourth-order valence-corrected chi connectivity index (χ4v) is 1.93. The van der Waals surface area contributed by atoms with E-state index in [-0.39, 0.29) is 0 Å². The molecule has 0 heterocycles. The Bertz CT molecular complexity index is 370. The lowest BCUT2D eigenvalue weighted by molar-refractivity contribution is -0.137. The molecule has 0 aromatic heterocycles. The van der Waals surface area contributed by atoms with Crippen LogP contribution in [-0.2, 0) is 4.79 Å². The van der Waals surface area contributed by atoms with E-state index in [0.29, 0.717) is 11.4 Å². The fraction of sp³-hybridized carbons (Fsp3) is 0.300. The van der Waals surface area contributed by atoms with Crippen LogP contribution in [0.4, 0.5) is 5.69 Å². The van der Waals surface area contributed by atoms with Gasteiger partial charge in [-0.3, -0.25) is 0 Å². The molecular weight excluding hydrogens is 281 g/mol. The van der Waals surface area contributed by atoms with Gasteiger partial charge < -0.3 is 10.4 Å². The van der Waals surface area contributed by atoms with Gasteiger partial charge in [0.2, 0.25) is 0 Å². The van der Waals surface area contributed by atoms with E-state index in [0.717, 1.165) is 10.2 Å². The van der Waals surface area contributed by atoms with Crippen LogP contribution >= 0.6 is 27.5 Å². The molecular formula is C10H11BrClNO2. The molecule has 0 aliphatic rings. The molecule has 0 aliphatic heterocycles. The van der Waals surface area contributed by atoms with Crippen LogP contribution in [0.15, 0.2) is 22.7 Å². The van der Waals surface area contributed by atoms with Crippen LogP contribution in [0.25, 0.3) is 0 Å². The number of aliphatic carboxylic acids is 1. The zero-order valence-corrected chi connectivity index (χ0v) is 10.5. The van der Waals surface area contributed by atoms with Crippen LogP contribution in [0, 0.1) is 0 Å². The summed E-state index contributed by atoms with van der Waals surface area (Å²) in [7, 11) is 0. The van der Waals surface area contributed by atoms with E-state index in [2.05, 4.69) is 21.2 Å². The molecule has 0 radical (unpaired) electrons. The van der Waals surface area contributed by atoms with Gasteiger partial charge in [0.15, 0.2) is 0 Å². The van der Waals surface area contributed by atoms with E-state index in [4.69, 9.17) is 16.7 Å². The number of nitrogens with one attached hydrogen (secondary N) is 1. The molecule has 1 atom stereocenters. The maximum atomic E-state index is 10.8. The average Bonchev–Trinajstić information content (AvgIpc) is 2.16. The average molecular weight is 293 g/mol. The van der Waals surface area contributed by atoms with Crippen LogP contribution in [0.2, 0.25) is 5.02 Å². The molecule has 0 saturated carbocycles. The number of hydrogen-bond donors (Lipinski definition) is 2. The smallest absolute Gasteiger partial charge is 0.326 e. The van der Waals surface area contributed by atoms with Gasteiger partial charge in [0.25, 0.3) is 0 Å². The van der Waals surface area contributed by atoms with Crippen LogP contribution in [0.5, 0.6) is 0 Å². The van der Waals surface area contributed by atoms with E-state index in [9.17, 15) is 4.79 Å². The predicted molar refractivity (Wildman–Crippen MR) is 64.5 cm³/mol. The highest BCUT2D eigenvalue weighted by atomic mass is 79.9. The van der Waals surface area contributed by atoms with E-state index in [1.54, 1.807) is 18.2 Å². The molecule has 0 aliphatic carbocycles. The molecule has 0 spiro atoms. The molecule has 0 bridgehead atoms. The summed E-state index contributed by atoms with van der Waals surface area (Å²) in [4.78, 5) is 10.8. The highest BCUT2D eigenvalue weighted by Crippen LogP contribution is 2.26. The Balaban J connectivity index is 2.84. The van der Waals surface area contributed by atoms with Crippen molar-refractivity contribution in [3.05, 3.63) is 27.7 Å². The number of carboxylic acids is 1. The van der Waals surface area contributed by atoms with Crippen molar-refractivity contribution in [3.8, 4) is 0 Å². The molecule has 5 heteroatoms. The van der Waals surface area contributed by atoms with E-state index < -0.39 is 12.0 Å². The molecule has 1 aromatic rings. The molecule has 1 aromatic carbocycles. The second kappa shape index (κ2) is 5.37. The van der Waals surface area contributed by atoms with Crippen molar-refractivity contribution >= 4 is 39.2 Å². The standard InChI is InChI=1S/C10H11BrClNO2/c1-2-8(10(14)15)13-9-4-3-6(12)5-7(9)11/h3-5,8,13H,2H2,1H3,(H,14,15). The molecule has 2 N–H and O–H groups in total. The largest absolute Gasteiger partial charge is 0.480 e. The molecule has 0 amide bonds. The van der Waals surface area contributed by atoms with Gasteiger partial charge in [-0.05, 0) is 40.5 Å². The van der Waals surface area contributed by atoms with Gasteiger partial charge in [0.05, 0.1) is 0 Å². The quantitative estimate of drug-likeness (QED) is 0.894. The second-order valence-corrected chi connectivity index (χ2v) is 4.36. The third kappa shape index (κ3) is 3.39. The summed E-state index contributed by atoms with van der Waals surface area (Å²) in [5, 5.41) is 12.4. The van der Waals surface area contributed by atoms with Gasteiger partial charge >= 0.3 is 5.97 Å². The SMILES string of the molecule is CCC(Nc1ccc(Cl)cc1Br)C(=O)O. The summed E-state index contributed by atoms with van der Waals surface area (Å²) in [5.74, 6) is -0.862. The first-order valence-electron chi connectivity index (χ1n) is 4.49. The topological polar surface area (TPSA) is 49.3 Å². The summed E-state index contributed by atoms with van der Waals surface area (Å²) in [6.07, 6.45) is 0.518. The Morgan fingerprint density at radius 3 is 2.80 bits per heavy atom. The molecule has 0 saturated heterocycles. The molecule has 15 heavy (non-hydrogen) atoms. The third-order valence-corrected chi connectivity index (χ3v) is 2.86. The van der Waals surface area contributed by atoms with Crippen LogP contribution in [0.3, 0.4) is 0 Å². The number of halogens is 2. The number of carbonyl (C=O) groups is 1. The van der Waals surface area contributed by atoms with Crippen molar-refractivity contribution in [2.45, 2.75) is 19.4 Å². The predicted octanol–water partition coefficient (Wildman–Crippen LogP) is 3.38. The van der Waals surface area contributed by atoms with Gasteiger partial charge in [-0.1, -0.05) is 18.5 Å². The lowest BCUT2D eigenvalue weighted by Gasteiger charge is -2.14. The minimum atomic E-state index is -0.862. The normalized spacial score (nSPS) is 12.2. The van der Waals surface area contributed by atoms with Gasteiger partial charge in [0.1, 0.15) is 6.04 Å². The summed E-state index contributed by atoms with van der Waals surface area (Å²) < 4.78 is 0.759.